The van der Waals surface area contributed by atoms with Gasteiger partial charge in [-0.2, -0.15) is 5.10 Å². The number of benzene rings is 1. The van der Waals surface area contributed by atoms with Gasteiger partial charge < -0.3 is 9.47 Å². The lowest BCUT2D eigenvalue weighted by atomic mass is 10.1. The Morgan fingerprint density at radius 3 is 2.71 bits per heavy atom. The molecule has 7 nitrogen and oxygen atoms in total. The van der Waals surface area contributed by atoms with Crippen molar-refractivity contribution in [3.63, 3.8) is 0 Å². The largest absolute Gasteiger partial charge is 0.488 e. The van der Waals surface area contributed by atoms with E-state index in [2.05, 4.69) is 10.1 Å². The molecular formula is C21H21N3O4. The number of aromatic nitrogens is 3. The van der Waals surface area contributed by atoms with E-state index in [1.165, 1.54) is 13.2 Å². The Hall–Kier alpha value is -3.48. The topological polar surface area (TPSA) is 83.3 Å². The number of esters is 1. The van der Waals surface area contributed by atoms with Crippen LogP contribution in [-0.2, 0) is 11.3 Å². The van der Waals surface area contributed by atoms with Crippen molar-refractivity contribution in [2.75, 3.05) is 7.11 Å². The van der Waals surface area contributed by atoms with Gasteiger partial charge in [0, 0.05) is 24.0 Å². The number of carbonyl (C=O) groups excluding carboxylic acids is 2. The molecule has 0 amide bonds. The van der Waals surface area contributed by atoms with Gasteiger partial charge in [-0.3, -0.25) is 14.5 Å². The molecule has 1 aromatic carbocycles. The van der Waals surface area contributed by atoms with Crippen molar-refractivity contribution in [3.8, 4) is 17.1 Å². The van der Waals surface area contributed by atoms with Crippen molar-refractivity contribution in [1.82, 2.24) is 14.8 Å². The van der Waals surface area contributed by atoms with E-state index in [0.717, 1.165) is 17.0 Å². The van der Waals surface area contributed by atoms with Crippen LogP contribution in [0.25, 0.3) is 11.4 Å². The Balaban J connectivity index is 1.92. The normalized spacial score (nSPS) is 10.7. The summed E-state index contributed by atoms with van der Waals surface area (Å²) in [6.07, 6.45) is 4.05. The zero-order valence-corrected chi connectivity index (χ0v) is 16.0. The molecule has 0 saturated heterocycles. The number of nitrogens with zero attached hydrogens (tertiary/aromatic N) is 3. The van der Waals surface area contributed by atoms with Gasteiger partial charge in [0.15, 0.2) is 6.29 Å². The molecular weight excluding hydrogens is 358 g/mol. The van der Waals surface area contributed by atoms with Gasteiger partial charge in [0.2, 0.25) is 0 Å². The summed E-state index contributed by atoms with van der Waals surface area (Å²) in [5.74, 6) is -0.277. The minimum atomic E-state index is -0.588. The van der Waals surface area contributed by atoms with E-state index in [4.69, 9.17) is 9.47 Å². The number of carbonyl (C=O) groups is 2. The van der Waals surface area contributed by atoms with E-state index in [9.17, 15) is 9.59 Å². The van der Waals surface area contributed by atoms with Crippen LogP contribution in [0.4, 0.5) is 0 Å². The second kappa shape index (κ2) is 8.47. The lowest BCUT2D eigenvalue weighted by Crippen LogP contribution is -2.09. The molecule has 0 unspecified atom stereocenters. The van der Waals surface area contributed by atoms with Crippen LogP contribution in [-0.4, -0.2) is 34.1 Å². The minimum Gasteiger partial charge on any atom is -0.488 e. The van der Waals surface area contributed by atoms with E-state index in [1.807, 2.05) is 36.7 Å². The molecule has 0 aliphatic rings. The number of methoxy groups -OCH3 is 1. The van der Waals surface area contributed by atoms with Gasteiger partial charge in [0.05, 0.1) is 29.6 Å². The fraction of sp³-hybridized carbons (Fsp3) is 0.238. The van der Waals surface area contributed by atoms with E-state index >= 15 is 0 Å². The molecule has 0 radical (unpaired) electrons. The second-order valence-corrected chi connectivity index (χ2v) is 6.38. The summed E-state index contributed by atoms with van der Waals surface area (Å²) < 4.78 is 12.5. The Morgan fingerprint density at radius 1 is 1.18 bits per heavy atom. The second-order valence-electron chi connectivity index (χ2n) is 6.38. The SMILES string of the molecule is COC(=O)c1cccc(OCc2cccnc2-c2ccnn2C(C)C)c1C=O. The molecule has 0 fully saturated rings. The summed E-state index contributed by atoms with van der Waals surface area (Å²) in [7, 11) is 1.27. The van der Waals surface area contributed by atoms with Crippen molar-refractivity contribution >= 4 is 12.3 Å². The van der Waals surface area contributed by atoms with Crippen LogP contribution < -0.4 is 4.74 Å². The molecule has 0 atom stereocenters. The number of pyridine rings is 1. The lowest BCUT2D eigenvalue weighted by molar-refractivity contribution is 0.0597. The van der Waals surface area contributed by atoms with Gasteiger partial charge in [-0.1, -0.05) is 12.1 Å². The van der Waals surface area contributed by atoms with Crippen molar-refractivity contribution in [3.05, 3.63) is 65.5 Å². The Kier molecular flexibility index (Phi) is 5.84. The van der Waals surface area contributed by atoms with Gasteiger partial charge in [-0.25, -0.2) is 4.79 Å². The Bertz CT molecular complexity index is 995. The number of ether oxygens (including phenoxy) is 2. The molecule has 2 heterocycles. The van der Waals surface area contributed by atoms with Crippen LogP contribution in [0.5, 0.6) is 5.75 Å². The fourth-order valence-corrected chi connectivity index (χ4v) is 2.93. The predicted molar refractivity (Wildman–Crippen MR) is 103 cm³/mol. The van der Waals surface area contributed by atoms with Crippen LogP contribution >= 0.6 is 0 Å². The summed E-state index contributed by atoms with van der Waals surface area (Å²) in [6.45, 7) is 4.27. The number of aldehydes is 1. The summed E-state index contributed by atoms with van der Waals surface area (Å²) in [4.78, 5) is 27.9. The third-order valence-electron chi connectivity index (χ3n) is 4.27. The lowest BCUT2D eigenvalue weighted by Gasteiger charge is -2.15. The molecule has 3 rings (SSSR count). The smallest absolute Gasteiger partial charge is 0.338 e. The molecule has 0 aliphatic carbocycles. The summed E-state index contributed by atoms with van der Waals surface area (Å²) in [5.41, 5.74) is 2.80. The van der Waals surface area contributed by atoms with Gasteiger partial charge in [0.1, 0.15) is 12.4 Å². The van der Waals surface area contributed by atoms with Gasteiger partial charge in [-0.15, -0.1) is 0 Å². The summed E-state index contributed by atoms with van der Waals surface area (Å²) in [5, 5.41) is 4.36. The van der Waals surface area contributed by atoms with E-state index in [0.29, 0.717) is 12.0 Å². The standard InChI is InChI=1S/C21H21N3O4/c1-14(2)24-18(9-11-23-24)20-15(6-5-10-22-20)13-28-19-8-4-7-16(17(19)12-25)21(26)27-3/h4-12,14H,13H2,1-3H3. The predicted octanol–water partition coefficient (Wildman–Crippen LogP) is 3.70. The van der Waals surface area contributed by atoms with Crippen molar-refractivity contribution in [1.29, 1.82) is 0 Å². The molecule has 2 aromatic heterocycles. The molecule has 3 aromatic rings. The first-order chi connectivity index (χ1) is 13.6. The maximum absolute atomic E-state index is 11.9. The molecule has 0 saturated carbocycles. The number of hydrogen-bond acceptors (Lipinski definition) is 6. The van der Waals surface area contributed by atoms with Gasteiger partial charge in [-0.05, 0) is 38.1 Å². The zero-order valence-electron chi connectivity index (χ0n) is 16.0. The number of rotatable bonds is 7. The van der Waals surface area contributed by atoms with Crippen LogP contribution in [0, 0.1) is 0 Å². The van der Waals surface area contributed by atoms with Crippen molar-refractivity contribution in [2.45, 2.75) is 26.5 Å². The zero-order chi connectivity index (χ0) is 20.1. The first-order valence-electron chi connectivity index (χ1n) is 8.84. The number of hydrogen-bond donors (Lipinski definition) is 0. The van der Waals surface area contributed by atoms with Crippen molar-refractivity contribution < 1.29 is 19.1 Å². The maximum atomic E-state index is 11.9. The Morgan fingerprint density at radius 2 is 2.00 bits per heavy atom. The van der Waals surface area contributed by atoms with Crippen LogP contribution in [0.1, 0.15) is 46.2 Å². The summed E-state index contributed by atoms with van der Waals surface area (Å²) in [6, 6.07) is 10.6. The van der Waals surface area contributed by atoms with Gasteiger partial charge in [0.25, 0.3) is 0 Å². The quantitative estimate of drug-likeness (QED) is 0.460. The summed E-state index contributed by atoms with van der Waals surface area (Å²) >= 11 is 0. The van der Waals surface area contributed by atoms with E-state index in [1.54, 1.807) is 24.5 Å². The van der Waals surface area contributed by atoms with Crippen LogP contribution in [0.2, 0.25) is 0 Å². The highest BCUT2D eigenvalue weighted by molar-refractivity contribution is 5.99. The molecule has 0 bridgehead atoms. The third kappa shape index (κ3) is 3.78. The minimum absolute atomic E-state index is 0.159. The highest BCUT2D eigenvalue weighted by Crippen LogP contribution is 2.26. The maximum Gasteiger partial charge on any atom is 0.338 e. The Labute approximate surface area is 162 Å². The molecule has 28 heavy (non-hydrogen) atoms. The average Bonchev–Trinajstić information content (AvgIpc) is 3.21. The van der Waals surface area contributed by atoms with E-state index in [-0.39, 0.29) is 23.8 Å². The fourth-order valence-electron chi connectivity index (χ4n) is 2.93. The average molecular weight is 379 g/mol. The van der Waals surface area contributed by atoms with Gasteiger partial charge >= 0.3 is 5.97 Å². The molecule has 0 aliphatic heterocycles. The molecule has 144 valence electrons. The highest BCUT2D eigenvalue weighted by Gasteiger charge is 2.17. The van der Waals surface area contributed by atoms with E-state index < -0.39 is 5.97 Å². The van der Waals surface area contributed by atoms with Crippen LogP contribution in [0.15, 0.2) is 48.8 Å². The first kappa shape index (κ1) is 19.3. The molecule has 0 N–H and O–H groups in total. The first-order valence-corrected chi connectivity index (χ1v) is 8.84. The van der Waals surface area contributed by atoms with Crippen molar-refractivity contribution in [2.24, 2.45) is 0 Å². The monoisotopic (exact) mass is 379 g/mol. The molecule has 7 heteroatoms. The highest BCUT2D eigenvalue weighted by atomic mass is 16.5. The third-order valence-corrected chi connectivity index (χ3v) is 4.27. The van der Waals surface area contributed by atoms with Crippen LogP contribution in [0.3, 0.4) is 0 Å². The molecule has 0 spiro atoms.